The minimum atomic E-state index is -1.38. The second-order valence-corrected chi connectivity index (χ2v) is 8.22. The van der Waals surface area contributed by atoms with Gasteiger partial charge in [0.2, 0.25) is 5.91 Å². The quantitative estimate of drug-likeness (QED) is 0.924. The molecule has 0 aromatic heterocycles. The molecule has 2 atom stereocenters. The van der Waals surface area contributed by atoms with Crippen LogP contribution in [0, 0.1) is 10.8 Å². The maximum absolute atomic E-state index is 13.2. The highest BCUT2D eigenvalue weighted by atomic mass is 16.3. The summed E-state index contributed by atoms with van der Waals surface area (Å²) in [6, 6.07) is 9.73. The molecule has 4 nitrogen and oxygen atoms in total. The Balaban J connectivity index is 2.09. The molecular weight excluding hydrogens is 302 g/mol. The Hall–Kier alpha value is -1.68. The van der Waals surface area contributed by atoms with Crippen molar-refractivity contribution in [3.63, 3.8) is 0 Å². The number of Topliss-reactive ketones (excluding diaryl/α,β-unsaturated/α-hetero) is 1. The van der Waals surface area contributed by atoms with Gasteiger partial charge in [-0.15, -0.1) is 0 Å². The van der Waals surface area contributed by atoms with Gasteiger partial charge in [-0.25, -0.2) is 0 Å². The second-order valence-electron chi connectivity index (χ2n) is 8.22. The Bertz CT molecular complexity index is 654. The average molecular weight is 329 g/mol. The van der Waals surface area contributed by atoms with E-state index >= 15 is 0 Å². The summed E-state index contributed by atoms with van der Waals surface area (Å²) in [5.41, 5.74) is -1.71. The van der Waals surface area contributed by atoms with E-state index in [9.17, 15) is 14.7 Å². The van der Waals surface area contributed by atoms with E-state index in [0.717, 1.165) is 12.0 Å². The molecule has 0 bridgehead atoms. The third-order valence-electron chi connectivity index (χ3n) is 5.66. The van der Waals surface area contributed by atoms with Crippen LogP contribution in [0.3, 0.4) is 0 Å². The monoisotopic (exact) mass is 329 g/mol. The van der Waals surface area contributed by atoms with E-state index in [1.165, 1.54) is 0 Å². The number of amides is 1. The fraction of sp³-hybridized carbons (Fsp3) is 0.600. The van der Waals surface area contributed by atoms with Crippen molar-refractivity contribution >= 4 is 11.7 Å². The third-order valence-corrected chi connectivity index (χ3v) is 5.66. The zero-order valence-corrected chi connectivity index (χ0v) is 14.8. The summed E-state index contributed by atoms with van der Waals surface area (Å²) in [6.07, 6.45) is 2.17. The maximum atomic E-state index is 13.2. The van der Waals surface area contributed by atoms with Gasteiger partial charge in [0.05, 0.1) is 5.41 Å². The molecule has 4 heteroatoms. The fourth-order valence-corrected chi connectivity index (χ4v) is 4.66. The standard InChI is InChI=1S/C20H27NO3/c1-4-10-21-17(23)13-19(11-15-8-6-5-7-9-15)16(22)12-18(2,3)14-20(19,21)24/h5-9,24H,4,10-14H2,1-3H3. The van der Waals surface area contributed by atoms with Gasteiger partial charge in [0.25, 0.3) is 0 Å². The minimum absolute atomic E-state index is 0.0251. The average Bonchev–Trinajstić information content (AvgIpc) is 2.69. The first-order valence-electron chi connectivity index (χ1n) is 8.84. The van der Waals surface area contributed by atoms with Crippen LogP contribution in [-0.2, 0) is 16.0 Å². The SMILES string of the molecule is CCCN1C(=O)CC2(Cc3ccccc3)C(=O)CC(C)(C)CC12O. The molecule has 1 aliphatic heterocycles. The number of hydrogen-bond acceptors (Lipinski definition) is 3. The van der Waals surface area contributed by atoms with E-state index < -0.39 is 11.1 Å². The molecule has 2 fully saturated rings. The maximum Gasteiger partial charge on any atom is 0.226 e. The van der Waals surface area contributed by atoms with Crippen LogP contribution in [-0.4, -0.2) is 34.0 Å². The van der Waals surface area contributed by atoms with Crippen LogP contribution in [0.25, 0.3) is 0 Å². The molecular formula is C20H27NO3. The van der Waals surface area contributed by atoms with Gasteiger partial charge < -0.3 is 10.0 Å². The Morgan fingerprint density at radius 2 is 1.79 bits per heavy atom. The van der Waals surface area contributed by atoms with Gasteiger partial charge in [0.15, 0.2) is 5.72 Å². The smallest absolute Gasteiger partial charge is 0.226 e. The molecule has 0 radical (unpaired) electrons. The van der Waals surface area contributed by atoms with Crippen LogP contribution in [0.2, 0.25) is 0 Å². The van der Waals surface area contributed by atoms with Gasteiger partial charge in [0.1, 0.15) is 5.78 Å². The number of aliphatic hydroxyl groups is 1. The molecule has 1 N–H and O–H groups in total. The number of likely N-dealkylation sites (tertiary alicyclic amines) is 1. The fourth-order valence-electron chi connectivity index (χ4n) is 4.66. The highest BCUT2D eigenvalue weighted by Crippen LogP contribution is 2.57. The van der Waals surface area contributed by atoms with Crippen LogP contribution in [0.15, 0.2) is 30.3 Å². The summed E-state index contributed by atoms with van der Waals surface area (Å²) in [4.78, 5) is 27.5. The van der Waals surface area contributed by atoms with Crippen LogP contribution >= 0.6 is 0 Å². The molecule has 2 unspecified atom stereocenters. The van der Waals surface area contributed by atoms with Crippen molar-refractivity contribution in [1.82, 2.24) is 4.90 Å². The predicted octanol–water partition coefficient (Wildman–Crippen LogP) is 2.94. The molecule has 3 rings (SSSR count). The summed E-state index contributed by atoms with van der Waals surface area (Å²) < 4.78 is 0. The lowest BCUT2D eigenvalue weighted by Gasteiger charge is -2.52. The number of ketones is 1. The van der Waals surface area contributed by atoms with Crippen molar-refractivity contribution in [2.24, 2.45) is 10.8 Å². The summed E-state index contributed by atoms with van der Waals surface area (Å²) in [5.74, 6) is -0.0709. The first kappa shape index (κ1) is 17.2. The zero-order valence-electron chi connectivity index (χ0n) is 14.8. The van der Waals surface area contributed by atoms with Gasteiger partial charge in [-0.2, -0.15) is 0 Å². The van der Waals surface area contributed by atoms with Crippen molar-refractivity contribution < 1.29 is 14.7 Å². The first-order chi connectivity index (χ1) is 11.2. The Morgan fingerprint density at radius 1 is 1.12 bits per heavy atom. The van der Waals surface area contributed by atoms with Gasteiger partial charge in [-0.1, -0.05) is 51.1 Å². The number of rotatable bonds is 4. The van der Waals surface area contributed by atoms with Crippen molar-refractivity contribution in [2.45, 2.75) is 58.6 Å². The number of hydrogen-bond donors (Lipinski definition) is 1. The van der Waals surface area contributed by atoms with Gasteiger partial charge in [-0.3, -0.25) is 9.59 Å². The van der Waals surface area contributed by atoms with Crippen LogP contribution in [0.1, 0.15) is 52.0 Å². The highest BCUT2D eigenvalue weighted by molar-refractivity contribution is 5.96. The van der Waals surface area contributed by atoms with Crippen molar-refractivity contribution in [3.05, 3.63) is 35.9 Å². The van der Waals surface area contributed by atoms with Gasteiger partial charge >= 0.3 is 0 Å². The van der Waals surface area contributed by atoms with E-state index in [0.29, 0.717) is 25.8 Å². The molecule has 1 aliphatic carbocycles. The van der Waals surface area contributed by atoms with E-state index in [-0.39, 0.29) is 23.5 Å². The van der Waals surface area contributed by atoms with Gasteiger partial charge in [0, 0.05) is 25.8 Å². The number of benzene rings is 1. The summed E-state index contributed by atoms with van der Waals surface area (Å²) in [5, 5.41) is 11.7. The van der Waals surface area contributed by atoms with Crippen LogP contribution < -0.4 is 0 Å². The highest BCUT2D eigenvalue weighted by Gasteiger charge is 2.68. The van der Waals surface area contributed by atoms with Crippen molar-refractivity contribution in [3.8, 4) is 0 Å². The molecule has 130 valence electrons. The normalized spacial score (nSPS) is 32.1. The molecule has 2 aliphatic rings. The summed E-state index contributed by atoms with van der Waals surface area (Å²) in [7, 11) is 0. The number of carbonyl (C=O) groups excluding carboxylic acids is 2. The molecule has 1 aromatic carbocycles. The molecule has 1 aromatic rings. The molecule has 1 amide bonds. The van der Waals surface area contributed by atoms with E-state index in [1.54, 1.807) is 4.90 Å². The Kier molecular flexibility index (Phi) is 4.07. The van der Waals surface area contributed by atoms with E-state index in [4.69, 9.17) is 0 Å². The molecule has 0 spiro atoms. The largest absolute Gasteiger partial charge is 0.370 e. The van der Waals surface area contributed by atoms with Crippen LogP contribution in [0.5, 0.6) is 0 Å². The lowest BCUT2D eigenvalue weighted by Crippen LogP contribution is -2.63. The topological polar surface area (TPSA) is 57.6 Å². The molecule has 24 heavy (non-hydrogen) atoms. The lowest BCUT2D eigenvalue weighted by atomic mass is 9.57. The number of carbonyl (C=O) groups is 2. The third kappa shape index (κ3) is 2.48. The van der Waals surface area contributed by atoms with Gasteiger partial charge in [-0.05, 0) is 23.8 Å². The molecule has 1 saturated carbocycles. The lowest BCUT2D eigenvalue weighted by molar-refractivity contribution is -0.200. The number of fused-ring (bicyclic) bond motifs is 1. The van der Waals surface area contributed by atoms with E-state index in [2.05, 4.69) is 0 Å². The Morgan fingerprint density at radius 3 is 2.42 bits per heavy atom. The van der Waals surface area contributed by atoms with Crippen LogP contribution in [0.4, 0.5) is 0 Å². The van der Waals surface area contributed by atoms with Crippen molar-refractivity contribution in [2.75, 3.05) is 6.54 Å². The second kappa shape index (κ2) is 5.69. The Labute approximate surface area is 143 Å². The summed E-state index contributed by atoms with van der Waals surface area (Å²) >= 11 is 0. The predicted molar refractivity (Wildman–Crippen MR) is 92.2 cm³/mol. The zero-order chi connectivity index (χ0) is 17.6. The molecule has 1 saturated heterocycles. The van der Waals surface area contributed by atoms with E-state index in [1.807, 2.05) is 51.1 Å². The number of nitrogens with zero attached hydrogens (tertiary/aromatic N) is 1. The van der Waals surface area contributed by atoms with Crippen molar-refractivity contribution in [1.29, 1.82) is 0 Å². The molecule has 1 heterocycles. The first-order valence-corrected chi connectivity index (χ1v) is 8.84. The minimum Gasteiger partial charge on any atom is -0.370 e. The summed E-state index contributed by atoms with van der Waals surface area (Å²) in [6.45, 7) is 6.49.